The van der Waals surface area contributed by atoms with Crippen molar-refractivity contribution in [2.24, 2.45) is 5.92 Å². The van der Waals surface area contributed by atoms with E-state index in [2.05, 4.69) is 41.0 Å². The molecule has 0 unspecified atom stereocenters. The SMILES string of the molecule is C=CCn1c(SCC(=O)N2CCC(Cc3ccccc3)CC2)nnc1-c1ccccc1F. The Bertz CT molecular complexity index is 1060. The quantitative estimate of drug-likeness (QED) is 0.364. The number of hydrogen-bond donors (Lipinski definition) is 0. The summed E-state index contributed by atoms with van der Waals surface area (Å²) in [6, 6.07) is 17.0. The smallest absolute Gasteiger partial charge is 0.233 e. The van der Waals surface area contributed by atoms with Crippen molar-refractivity contribution >= 4 is 17.7 Å². The summed E-state index contributed by atoms with van der Waals surface area (Å²) in [5, 5.41) is 9.00. The van der Waals surface area contributed by atoms with Crippen LogP contribution in [0.5, 0.6) is 0 Å². The van der Waals surface area contributed by atoms with Gasteiger partial charge in [0.1, 0.15) is 5.82 Å². The van der Waals surface area contributed by atoms with Gasteiger partial charge in [0.15, 0.2) is 11.0 Å². The molecule has 5 nitrogen and oxygen atoms in total. The Hall–Kier alpha value is -2.93. The second-order valence-corrected chi connectivity index (χ2v) is 8.93. The molecule has 0 saturated carbocycles. The minimum atomic E-state index is -0.351. The Labute approximate surface area is 192 Å². The monoisotopic (exact) mass is 450 g/mol. The van der Waals surface area contributed by atoms with Gasteiger partial charge in [0.2, 0.25) is 5.91 Å². The molecule has 1 fully saturated rings. The average Bonchev–Trinajstić information content (AvgIpc) is 3.21. The van der Waals surface area contributed by atoms with Crippen molar-refractivity contribution in [1.29, 1.82) is 0 Å². The molecule has 3 aromatic rings. The molecule has 4 rings (SSSR count). The van der Waals surface area contributed by atoms with Crippen LogP contribution >= 0.6 is 11.8 Å². The molecule has 0 spiro atoms. The Balaban J connectivity index is 1.34. The average molecular weight is 451 g/mol. The number of piperidine rings is 1. The first-order valence-corrected chi connectivity index (χ1v) is 11.9. The van der Waals surface area contributed by atoms with E-state index in [1.807, 2.05) is 11.0 Å². The lowest BCUT2D eigenvalue weighted by molar-refractivity contribution is -0.129. The second-order valence-electron chi connectivity index (χ2n) is 7.99. The van der Waals surface area contributed by atoms with Crippen LogP contribution in [-0.4, -0.2) is 44.4 Å². The van der Waals surface area contributed by atoms with Gasteiger partial charge in [0, 0.05) is 19.6 Å². The molecule has 166 valence electrons. The number of rotatable bonds is 8. The number of nitrogens with zero attached hydrogens (tertiary/aromatic N) is 4. The molecular weight excluding hydrogens is 423 g/mol. The summed E-state index contributed by atoms with van der Waals surface area (Å²) < 4.78 is 16.1. The van der Waals surface area contributed by atoms with E-state index in [4.69, 9.17) is 0 Å². The molecule has 1 aromatic heterocycles. The van der Waals surface area contributed by atoms with Crippen molar-refractivity contribution < 1.29 is 9.18 Å². The minimum Gasteiger partial charge on any atom is -0.342 e. The third kappa shape index (κ3) is 5.27. The zero-order chi connectivity index (χ0) is 22.3. The van der Waals surface area contributed by atoms with Crippen molar-refractivity contribution in [1.82, 2.24) is 19.7 Å². The van der Waals surface area contributed by atoms with Gasteiger partial charge in [-0.1, -0.05) is 60.3 Å². The number of benzene rings is 2. The zero-order valence-corrected chi connectivity index (χ0v) is 18.8. The third-order valence-corrected chi connectivity index (χ3v) is 6.75. The molecule has 1 aliphatic rings. The highest BCUT2D eigenvalue weighted by Gasteiger charge is 2.24. The summed E-state index contributed by atoms with van der Waals surface area (Å²) in [6.45, 7) is 5.80. The van der Waals surface area contributed by atoms with E-state index in [1.165, 1.54) is 23.4 Å². The second kappa shape index (κ2) is 10.6. The summed E-state index contributed by atoms with van der Waals surface area (Å²) in [5.74, 6) is 1.10. The molecule has 0 radical (unpaired) electrons. The molecule has 1 saturated heterocycles. The fourth-order valence-corrected chi connectivity index (χ4v) is 4.93. The number of likely N-dealkylation sites (tertiary alicyclic amines) is 1. The largest absolute Gasteiger partial charge is 0.342 e. The number of thioether (sulfide) groups is 1. The van der Waals surface area contributed by atoms with Gasteiger partial charge in [-0.15, -0.1) is 16.8 Å². The van der Waals surface area contributed by atoms with Gasteiger partial charge in [-0.3, -0.25) is 9.36 Å². The van der Waals surface area contributed by atoms with E-state index in [-0.39, 0.29) is 17.5 Å². The lowest BCUT2D eigenvalue weighted by Gasteiger charge is -2.32. The molecule has 2 heterocycles. The van der Waals surface area contributed by atoms with Gasteiger partial charge in [0.25, 0.3) is 0 Å². The van der Waals surface area contributed by atoms with Crippen LogP contribution in [0.15, 0.2) is 72.4 Å². The van der Waals surface area contributed by atoms with Gasteiger partial charge < -0.3 is 4.90 Å². The highest BCUT2D eigenvalue weighted by Crippen LogP contribution is 2.27. The van der Waals surface area contributed by atoms with Crippen LogP contribution in [0.2, 0.25) is 0 Å². The topological polar surface area (TPSA) is 51.0 Å². The Morgan fingerprint density at radius 1 is 1.09 bits per heavy atom. The van der Waals surface area contributed by atoms with Gasteiger partial charge in [-0.05, 0) is 42.9 Å². The molecule has 0 bridgehead atoms. The zero-order valence-electron chi connectivity index (χ0n) is 18.0. The molecule has 0 aliphatic carbocycles. The molecule has 0 N–H and O–H groups in total. The predicted octanol–water partition coefficient (Wildman–Crippen LogP) is 4.84. The molecular formula is C25H27FN4OS. The molecule has 2 aromatic carbocycles. The van der Waals surface area contributed by atoms with Crippen molar-refractivity contribution in [3.63, 3.8) is 0 Å². The maximum Gasteiger partial charge on any atom is 0.233 e. The maximum atomic E-state index is 14.3. The first-order chi connectivity index (χ1) is 15.7. The summed E-state index contributed by atoms with van der Waals surface area (Å²) in [5.41, 5.74) is 1.75. The van der Waals surface area contributed by atoms with Crippen molar-refractivity contribution in [2.45, 2.75) is 31.0 Å². The van der Waals surface area contributed by atoms with E-state index in [9.17, 15) is 9.18 Å². The summed E-state index contributed by atoms with van der Waals surface area (Å²) in [6.07, 6.45) is 4.84. The number of amides is 1. The van der Waals surface area contributed by atoms with Gasteiger partial charge in [0.05, 0.1) is 11.3 Å². The molecule has 7 heteroatoms. The van der Waals surface area contributed by atoms with E-state index in [1.54, 1.807) is 28.8 Å². The number of hydrogen-bond acceptors (Lipinski definition) is 4. The normalized spacial score (nSPS) is 14.5. The van der Waals surface area contributed by atoms with E-state index >= 15 is 0 Å². The number of allylic oxidation sites excluding steroid dienone is 1. The minimum absolute atomic E-state index is 0.105. The van der Waals surface area contributed by atoms with Gasteiger partial charge in [-0.25, -0.2) is 4.39 Å². The highest BCUT2D eigenvalue weighted by atomic mass is 32.2. The summed E-state index contributed by atoms with van der Waals surface area (Å²) in [7, 11) is 0. The fourth-order valence-electron chi connectivity index (χ4n) is 4.08. The van der Waals surface area contributed by atoms with Crippen LogP contribution in [0.4, 0.5) is 4.39 Å². The van der Waals surface area contributed by atoms with Crippen LogP contribution in [0.1, 0.15) is 18.4 Å². The first kappa shape index (κ1) is 22.3. The number of carbonyl (C=O) groups is 1. The lowest BCUT2D eigenvalue weighted by Crippen LogP contribution is -2.39. The molecule has 32 heavy (non-hydrogen) atoms. The van der Waals surface area contributed by atoms with E-state index in [0.717, 1.165) is 32.4 Å². The summed E-state index contributed by atoms with van der Waals surface area (Å²) >= 11 is 1.34. The summed E-state index contributed by atoms with van der Waals surface area (Å²) in [4.78, 5) is 14.7. The van der Waals surface area contributed by atoms with Crippen LogP contribution in [0.3, 0.4) is 0 Å². The van der Waals surface area contributed by atoms with Gasteiger partial charge >= 0.3 is 0 Å². The first-order valence-electron chi connectivity index (χ1n) is 10.9. The standard InChI is InChI=1S/C25H27FN4OS/c1-2-14-30-24(21-10-6-7-11-22(21)26)27-28-25(30)32-18-23(31)29-15-12-20(13-16-29)17-19-8-4-3-5-9-19/h2-11,20H,1,12-18H2. The van der Waals surface area contributed by atoms with Crippen molar-refractivity contribution in [3.05, 3.63) is 78.6 Å². The molecule has 0 atom stereocenters. The Morgan fingerprint density at radius 2 is 1.81 bits per heavy atom. The van der Waals surface area contributed by atoms with Crippen molar-refractivity contribution in [3.8, 4) is 11.4 Å². The van der Waals surface area contributed by atoms with Crippen molar-refractivity contribution in [2.75, 3.05) is 18.8 Å². The fraction of sp³-hybridized carbons (Fsp3) is 0.320. The van der Waals surface area contributed by atoms with E-state index < -0.39 is 0 Å². The highest BCUT2D eigenvalue weighted by molar-refractivity contribution is 7.99. The number of aromatic nitrogens is 3. The molecule has 1 amide bonds. The lowest BCUT2D eigenvalue weighted by atomic mass is 9.90. The Kier molecular flexibility index (Phi) is 7.37. The van der Waals surface area contributed by atoms with Crippen LogP contribution in [0.25, 0.3) is 11.4 Å². The maximum absolute atomic E-state index is 14.3. The van der Waals surface area contributed by atoms with Gasteiger partial charge in [-0.2, -0.15) is 0 Å². The number of halogens is 1. The van der Waals surface area contributed by atoms with Crippen LogP contribution < -0.4 is 0 Å². The third-order valence-electron chi connectivity index (χ3n) is 5.80. The van der Waals surface area contributed by atoms with Crippen LogP contribution in [0, 0.1) is 11.7 Å². The predicted molar refractivity (Wildman–Crippen MR) is 126 cm³/mol. The molecule has 1 aliphatic heterocycles. The van der Waals surface area contributed by atoms with E-state index in [0.29, 0.717) is 29.0 Å². The Morgan fingerprint density at radius 3 is 2.53 bits per heavy atom. The number of carbonyl (C=O) groups excluding carboxylic acids is 1. The van der Waals surface area contributed by atoms with Crippen LogP contribution in [-0.2, 0) is 17.8 Å².